The molecule has 0 spiro atoms. The molecule has 1 saturated heterocycles. The van der Waals surface area contributed by atoms with Crippen molar-refractivity contribution in [3.63, 3.8) is 0 Å². The summed E-state index contributed by atoms with van der Waals surface area (Å²) < 4.78 is 0. The van der Waals surface area contributed by atoms with Gasteiger partial charge in [0.05, 0.1) is 24.1 Å². The van der Waals surface area contributed by atoms with Gasteiger partial charge in [0.1, 0.15) is 6.04 Å². The van der Waals surface area contributed by atoms with Crippen molar-refractivity contribution in [1.82, 2.24) is 5.32 Å². The molecule has 1 amide bonds. The molecule has 0 bridgehead atoms. The number of hydrogen-bond donors (Lipinski definition) is 1. The molecule has 5 heteroatoms. The van der Waals surface area contributed by atoms with Gasteiger partial charge in [0, 0.05) is 18.3 Å². The number of hydrogen-bond acceptors (Lipinski definition) is 4. The number of nitrogens with one attached hydrogen (secondary N) is 1. The van der Waals surface area contributed by atoms with E-state index in [1.165, 1.54) is 0 Å². The van der Waals surface area contributed by atoms with Gasteiger partial charge in [-0.15, -0.1) is 0 Å². The van der Waals surface area contributed by atoms with Crippen LogP contribution in [-0.4, -0.2) is 24.5 Å². The van der Waals surface area contributed by atoms with E-state index in [1.807, 2.05) is 17.9 Å². The van der Waals surface area contributed by atoms with Crippen LogP contribution >= 0.6 is 0 Å². The molecule has 0 radical (unpaired) electrons. The lowest BCUT2D eigenvalue weighted by atomic mass is 10.1. The van der Waals surface area contributed by atoms with Crippen LogP contribution in [0.1, 0.15) is 25.3 Å². The van der Waals surface area contributed by atoms with Gasteiger partial charge in [-0.05, 0) is 31.5 Å². The van der Waals surface area contributed by atoms with Crippen molar-refractivity contribution in [2.24, 2.45) is 0 Å². The zero-order valence-electron chi connectivity index (χ0n) is 11.3. The topological polar surface area (TPSA) is 79.9 Å². The van der Waals surface area contributed by atoms with Crippen LogP contribution < -0.4 is 10.2 Å². The zero-order chi connectivity index (χ0) is 14.5. The molecule has 2 unspecified atom stereocenters. The van der Waals surface area contributed by atoms with E-state index in [0.717, 1.165) is 12.1 Å². The third-order valence-corrected chi connectivity index (χ3v) is 3.46. The zero-order valence-corrected chi connectivity index (χ0v) is 11.3. The lowest BCUT2D eigenvalue weighted by molar-refractivity contribution is -0.122. The molecular formula is C15H16N4O. The minimum atomic E-state index is -0.501. The molecule has 1 N–H and O–H groups in total. The Kier molecular flexibility index (Phi) is 4.22. The molecule has 0 aromatic heterocycles. The molecule has 0 saturated carbocycles. The van der Waals surface area contributed by atoms with Gasteiger partial charge in [0.15, 0.2) is 0 Å². The lowest BCUT2D eigenvalue weighted by Gasteiger charge is -2.29. The fourth-order valence-electron chi connectivity index (χ4n) is 2.39. The molecular weight excluding hydrogens is 252 g/mol. The average molecular weight is 268 g/mol. The summed E-state index contributed by atoms with van der Waals surface area (Å²) in [5.41, 5.74) is 1.37. The van der Waals surface area contributed by atoms with Crippen molar-refractivity contribution in [2.75, 3.05) is 11.4 Å². The molecule has 2 rings (SSSR count). The van der Waals surface area contributed by atoms with Crippen LogP contribution in [0.5, 0.6) is 0 Å². The van der Waals surface area contributed by atoms with Crippen molar-refractivity contribution in [2.45, 2.75) is 31.8 Å². The minimum absolute atomic E-state index is 0.0906. The maximum Gasteiger partial charge on any atom is 0.243 e. The largest absolute Gasteiger partial charge is 0.359 e. The second kappa shape index (κ2) is 6.08. The average Bonchev–Trinajstić information content (AvgIpc) is 2.59. The first-order chi connectivity index (χ1) is 9.65. The van der Waals surface area contributed by atoms with Crippen LogP contribution in [0, 0.1) is 22.7 Å². The predicted molar refractivity (Wildman–Crippen MR) is 74.7 cm³/mol. The van der Waals surface area contributed by atoms with Gasteiger partial charge in [-0.2, -0.15) is 10.5 Å². The molecule has 1 heterocycles. The SMILES string of the molecule is CC1CCN(c2cccc(C#N)c2)C(CC#N)C(=O)N1. The normalized spacial score (nSPS) is 22.4. The number of anilines is 1. The first-order valence-electron chi connectivity index (χ1n) is 6.60. The Bertz CT molecular complexity index is 584. The van der Waals surface area contributed by atoms with Crippen LogP contribution in [0.3, 0.4) is 0 Å². The van der Waals surface area contributed by atoms with Crippen LogP contribution in [0.4, 0.5) is 5.69 Å². The number of nitrogens with zero attached hydrogens (tertiary/aromatic N) is 3. The number of nitriles is 2. The van der Waals surface area contributed by atoms with Gasteiger partial charge in [0.25, 0.3) is 0 Å². The first kappa shape index (κ1) is 13.9. The Balaban J connectivity index is 2.36. The summed E-state index contributed by atoms with van der Waals surface area (Å²) in [4.78, 5) is 14.1. The highest BCUT2D eigenvalue weighted by atomic mass is 16.2. The van der Waals surface area contributed by atoms with E-state index < -0.39 is 6.04 Å². The third-order valence-electron chi connectivity index (χ3n) is 3.46. The van der Waals surface area contributed by atoms with E-state index in [-0.39, 0.29) is 18.4 Å². The van der Waals surface area contributed by atoms with Crippen LogP contribution in [-0.2, 0) is 4.79 Å². The molecule has 1 aliphatic rings. The summed E-state index contributed by atoms with van der Waals surface area (Å²) in [6.45, 7) is 2.64. The Labute approximate surface area is 118 Å². The van der Waals surface area contributed by atoms with Crippen LogP contribution in [0.25, 0.3) is 0 Å². The molecule has 5 nitrogen and oxygen atoms in total. The van der Waals surface area contributed by atoms with Crippen molar-refractivity contribution in [3.05, 3.63) is 29.8 Å². The highest BCUT2D eigenvalue weighted by molar-refractivity contribution is 5.86. The molecule has 20 heavy (non-hydrogen) atoms. The van der Waals surface area contributed by atoms with Gasteiger partial charge in [-0.1, -0.05) is 6.07 Å². The Morgan fingerprint density at radius 3 is 2.95 bits per heavy atom. The summed E-state index contributed by atoms with van der Waals surface area (Å²) in [6, 6.07) is 10.9. The van der Waals surface area contributed by atoms with Gasteiger partial charge >= 0.3 is 0 Å². The second-order valence-corrected chi connectivity index (χ2v) is 4.93. The maximum atomic E-state index is 12.2. The molecule has 0 aliphatic carbocycles. The van der Waals surface area contributed by atoms with Crippen molar-refractivity contribution in [1.29, 1.82) is 10.5 Å². The molecule has 2 atom stereocenters. The van der Waals surface area contributed by atoms with E-state index in [1.54, 1.807) is 18.2 Å². The first-order valence-corrected chi connectivity index (χ1v) is 6.60. The highest BCUT2D eigenvalue weighted by Gasteiger charge is 2.30. The molecule has 1 fully saturated rings. The van der Waals surface area contributed by atoms with E-state index >= 15 is 0 Å². The van der Waals surface area contributed by atoms with E-state index in [4.69, 9.17) is 10.5 Å². The van der Waals surface area contributed by atoms with E-state index in [2.05, 4.69) is 17.5 Å². The molecule has 102 valence electrons. The van der Waals surface area contributed by atoms with Crippen molar-refractivity contribution in [3.8, 4) is 12.1 Å². The summed E-state index contributed by atoms with van der Waals surface area (Å²) >= 11 is 0. The third kappa shape index (κ3) is 2.89. The number of benzene rings is 1. The fraction of sp³-hybridized carbons (Fsp3) is 0.400. The van der Waals surface area contributed by atoms with E-state index in [9.17, 15) is 4.79 Å². The summed E-state index contributed by atoms with van der Waals surface area (Å²) in [5, 5.41) is 20.8. The minimum Gasteiger partial charge on any atom is -0.359 e. The monoisotopic (exact) mass is 268 g/mol. The Morgan fingerprint density at radius 2 is 2.25 bits per heavy atom. The number of carbonyl (C=O) groups excluding carboxylic acids is 1. The quantitative estimate of drug-likeness (QED) is 0.882. The van der Waals surface area contributed by atoms with Crippen molar-refractivity contribution >= 4 is 11.6 Å². The smallest absolute Gasteiger partial charge is 0.243 e. The van der Waals surface area contributed by atoms with Crippen LogP contribution in [0.2, 0.25) is 0 Å². The Morgan fingerprint density at radius 1 is 1.45 bits per heavy atom. The number of carbonyl (C=O) groups is 1. The lowest BCUT2D eigenvalue weighted by Crippen LogP contribution is -2.45. The fourth-order valence-corrected chi connectivity index (χ4v) is 2.39. The molecule has 1 aromatic rings. The number of amides is 1. The molecule has 1 aliphatic heterocycles. The maximum absolute atomic E-state index is 12.2. The Hall–Kier alpha value is -2.53. The second-order valence-electron chi connectivity index (χ2n) is 4.93. The highest BCUT2D eigenvalue weighted by Crippen LogP contribution is 2.22. The summed E-state index contributed by atoms with van der Waals surface area (Å²) in [7, 11) is 0. The van der Waals surface area contributed by atoms with Gasteiger partial charge in [0.2, 0.25) is 5.91 Å². The predicted octanol–water partition coefficient (Wildman–Crippen LogP) is 1.56. The van der Waals surface area contributed by atoms with E-state index in [0.29, 0.717) is 12.1 Å². The summed E-state index contributed by atoms with van der Waals surface area (Å²) in [6.07, 6.45) is 0.944. The van der Waals surface area contributed by atoms with Gasteiger partial charge < -0.3 is 10.2 Å². The number of rotatable bonds is 2. The van der Waals surface area contributed by atoms with Gasteiger partial charge in [-0.25, -0.2) is 0 Å². The molecule has 1 aromatic carbocycles. The summed E-state index contributed by atoms with van der Waals surface area (Å²) in [5.74, 6) is -0.126. The van der Waals surface area contributed by atoms with Crippen molar-refractivity contribution < 1.29 is 4.79 Å². The van der Waals surface area contributed by atoms with Gasteiger partial charge in [-0.3, -0.25) is 4.79 Å². The standard InChI is InChI=1S/C15H16N4O/c1-11-6-8-19(14(5-7-16)15(20)18-11)13-4-2-3-12(9-13)10-17/h2-4,9,11,14H,5-6,8H2,1H3,(H,18,20). The van der Waals surface area contributed by atoms with Crippen LogP contribution in [0.15, 0.2) is 24.3 Å².